The number of hydrogen-bond acceptors (Lipinski definition) is 4. The molecule has 0 bridgehead atoms. The van der Waals surface area contributed by atoms with Crippen LogP contribution in [0.4, 0.5) is 10.6 Å². The van der Waals surface area contributed by atoms with Crippen LogP contribution in [0.2, 0.25) is 0 Å². The molecular weight excluding hydrogens is 284 g/mol. The molecule has 7 nitrogen and oxygen atoms in total. The molecule has 0 spiro atoms. The highest BCUT2D eigenvalue weighted by Crippen LogP contribution is 2.22. The Morgan fingerprint density at radius 3 is 2.73 bits per heavy atom. The van der Waals surface area contributed by atoms with Gasteiger partial charge in [0.1, 0.15) is 5.82 Å². The van der Waals surface area contributed by atoms with Crippen LogP contribution in [0.1, 0.15) is 29.8 Å². The van der Waals surface area contributed by atoms with Crippen LogP contribution < -0.4 is 10.2 Å². The first-order chi connectivity index (χ1) is 10.6. The summed E-state index contributed by atoms with van der Waals surface area (Å²) in [4.78, 5) is 31.1. The number of aromatic carboxylic acids is 1. The maximum atomic E-state index is 11.9. The fraction of sp³-hybridized carbons (Fsp3) is 0.533. The number of carbonyl (C=O) groups is 2. The van der Waals surface area contributed by atoms with E-state index >= 15 is 0 Å². The van der Waals surface area contributed by atoms with E-state index in [1.165, 1.54) is 6.07 Å². The lowest BCUT2D eigenvalue weighted by Crippen LogP contribution is -2.54. The second kappa shape index (κ2) is 6.21. The lowest BCUT2D eigenvalue weighted by molar-refractivity contribution is 0.0690. The zero-order chi connectivity index (χ0) is 15.5. The van der Waals surface area contributed by atoms with Gasteiger partial charge in [0.2, 0.25) is 0 Å². The number of anilines is 1. The molecule has 2 saturated heterocycles. The van der Waals surface area contributed by atoms with Gasteiger partial charge in [-0.2, -0.15) is 0 Å². The number of hydrogen-bond donors (Lipinski definition) is 2. The summed E-state index contributed by atoms with van der Waals surface area (Å²) in [5, 5.41) is 11.9. The van der Waals surface area contributed by atoms with Crippen LogP contribution in [0.5, 0.6) is 0 Å². The number of rotatable bonds is 3. The van der Waals surface area contributed by atoms with E-state index in [2.05, 4.69) is 15.2 Å². The largest absolute Gasteiger partial charge is 0.477 e. The first-order valence-electron chi connectivity index (χ1n) is 7.65. The van der Waals surface area contributed by atoms with Crippen LogP contribution in [-0.2, 0) is 0 Å². The van der Waals surface area contributed by atoms with Crippen LogP contribution in [0, 0.1) is 0 Å². The molecule has 3 rings (SSSR count). The Balaban J connectivity index is 1.63. The molecule has 1 aromatic heterocycles. The van der Waals surface area contributed by atoms with Gasteiger partial charge in [-0.25, -0.2) is 14.6 Å². The van der Waals surface area contributed by atoms with Crippen molar-refractivity contribution in [2.24, 2.45) is 0 Å². The summed E-state index contributed by atoms with van der Waals surface area (Å²) in [5.74, 6) is -0.317. The predicted octanol–water partition coefficient (Wildman–Crippen LogP) is 1.16. The smallest absolute Gasteiger partial charge is 0.354 e. The Hall–Kier alpha value is -2.31. The van der Waals surface area contributed by atoms with Gasteiger partial charge < -0.3 is 20.2 Å². The summed E-state index contributed by atoms with van der Waals surface area (Å²) in [7, 11) is 0. The standard InChI is InChI=1S/C15H20N4O3/c20-14(21)12-3-1-4-13(17-12)18-9-5-11(6-10-18)19-8-2-7-16-15(19)22/h1,3-4,11H,2,5-10H2,(H,16,22)(H,20,21). The highest BCUT2D eigenvalue weighted by Gasteiger charge is 2.29. The minimum absolute atomic E-state index is 0.0377. The van der Waals surface area contributed by atoms with E-state index in [1.54, 1.807) is 6.07 Å². The van der Waals surface area contributed by atoms with Crippen LogP contribution in [0.25, 0.3) is 0 Å². The number of pyridine rings is 1. The summed E-state index contributed by atoms with van der Waals surface area (Å²) >= 11 is 0. The maximum absolute atomic E-state index is 11.9. The number of aromatic nitrogens is 1. The second-order valence-electron chi connectivity index (χ2n) is 5.68. The van der Waals surface area contributed by atoms with Gasteiger partial charge in [0.15, 0.2) is 5.69 Å². The molecule has 2 fully saturated rings. The van der Waals surface area contributed by atoms with Crippen LogP contribution in [-0.4, -0.2) is 59.2 Å². The van der Waals surface area contributed by atoms with E-state index in [0.29, 0.717) is 5.82 Å². The summed E-state index contributed by atoms with van der Waals surface area (Å²) in [6.45, 7) is 3.15. The minimum atomic E-state index is -1.01. The molecule has 0 saturated carbocycles. The monoisotopic (exact) mass is 304 g/mol. The Morgan fingerprint density at radius 1 is 1.27 bits per heavy atom. The van der Waals surface area contributed by atoms with E-state index in [-0.39, 0.29) is 17.8 Å². The molecular formula is C15H20N4O3. The van der Waals surface area contributed by atoms with Gasteiger partial charge in [-0.05, 0) is 31.4 Å². The summed E-state index contributed by atoms with van der Waals surface area (Å²) < 4.78 is 0. The van der Waals surface area contributed by atoms with E-state index in [1.807, 2.05) is 11.0 Å². The average Bonchev–Trinajstić information content (AvgIpc) is 2.56. The first-order valence-corrected chi connectivity index (χ1v) is 7.65. The highest BCUT2D eigenvalue weighted by molar-refractivity contribution is 5.85. The summed E-state index contributed by atoms with van der Waals surface area (Å²) in [6.07, 6.45) is 2.76. The highest BCUT2D eigenvalue weighted by atomic mass is 16.4. The van der Waals surface area contributed by atoms with Crippen LogP contribution in [0.15, 0.2) is 18.2 Å². The van der Waals surface area contributed by atoms with Crippen LogP contribution >= 0.6 is 0 Å². The minimum Gasteiger partial charge on any atom is -0.477 e. The van der Waals surface area contributed by atoms with Crippen molar-refractivity contribution in [2.45, 2.75) is 25.3 Å². The Morgan fingerprint density at radius 2 is 2.05 bits per heavy atom. The zero-order valence-corrected chi connectivity index (χ0v) is 12.4. The van der Waals surface area contributed by atoms with Gasteiger partial charge in [-0.3, -0.25) is 0 Å². The van der Waals surface area contributed by atoms with Crippen molar-refractivity contribution in [2.75, 3.05) is 31.1 Å². The third-order valence-electron chi connectivity index (χ3n) is 4.30. The van der Waals surface area contributed by atoms with E-state index < -0.39 is 5.97 Å². The van der Waals surface area contributed by atoms with Crippen molar-refractivity contribution in [3.63, 3.8) is 0 Å². The summed E-state index contributed by atoms with van der Waals surface area (Å²) in [6, 6.07) is 5.35. The maximum Gasteiger partial charge on any atom is 0.354 e. The van der Waals surface area contributed by atoms with Crippen molar-refractivity contribution in [1.29, 1.82) is 0 Å². The third-order valence-corrected chi connectivity index (χ3v) is 4.30. The molecule has 0 aliphatic carbocycles. The number of piperidine rings is 1. The molecule has 22 heavy (non-hydrogen) atoms. The Kier molecular flexibility index (Phi) is 4.13. The molecule has 0 atom stereocenters. The molecule has 2 N–H and O–H groups in total. The van der Waals surface area contributed by atoms with Gasteiger partial charge in [-0.15, -0.1) is 0 Å². The molecule has 118 valence electrons. The van der Waals surface area contributed by atoms with Crippen molar-refractivity contribution >= 4 is 17.8 Å². The number of carbonyl (C=O) groups excluding carboxylic acids is 1. The number of nitrogens with one attached hydrogen (secondary N) is 1. The second-order valence-corrected chi connectivity index (χ2v) is 5.68. The molecule has 0 aromatic carbocycles. The van der Waals surface area contributed by atoms with Gasteiger partial charge in [0.05, 0.1) is 0 Å². The quantitative estimate of drug-likeness (QED) is 0.875. The molecule has 2 amide bonds. The van der Waals surface area contributed by atoms with Gasteiger partial charge in [0.25, 0.3) is 0 Å². The van der Waals surface area contributed by atoms with Crippen molar-refractivity contribution in [1.82, 2.24) is 15.2 Å². The SMILES string of the molecule is O=C(O)c1cccc(N2CCC(N3CCCNC3=O)CC2)n1. The number of carboxylic acid groups (broad SMARTS) is 1. The summed E-state index contributed by atoms with van der Waals surface area (Å²) in [5.41, 5.74) is 0.0648. The molecule has 2 aliphatic rings. The molecule has 0 radical (unpaired) electrons. The molecule has 2 aliphatic heterocycles. The topological polar surface area (TPSA) is 85.8 Å². The lowest BCUT2D eigenvalue weighted by atomic mass is 10.0. The molecule has 7 heteroatoms. The van der Waals surface area contributed by atoms with E-state index in [4.69, 9.17) is 5.11 Å². The Labute approximate surface area is 128 Å². The van der Waals surface area contributed by atoms with Gasteiger partial charge >= 0.3 is 12.0 Å². The van der Waals surface area contributed by atoms with Crippen molar-refractivity contribution < 1.29 is 14.7 Å². The first kappa shape index (κ1) is 14.6. The zero-order valence-electron chi connectivity index (χ0n) is 12.4. The number of carboxylic acids is 1. The average molecular weight is 304 g/mol. The number of urea groups is 1. The van der Waals surface area contributed by atoms with E-state index in [0.717, 1.165) is 45.4 Å². The van der Waals surface area contributed by atoms with Gasteiger partial charge in [-0.1, -0.05) is 6.07 Å². The van der Waals surface area contributed by atoms with E-state index in [9.17, 15) is 9.59 Å². The predicted molar refractivity (Wildman–Crippen MR) is 81.2 cm³/mol. The number of nitrogens with zero attached hydrogens (tertiary/aromatic N) is 3. The lowest BCUT2D eigenvalue weighted by Gasteiger charge is -2.40. The fourth-order valence-corrected chi connectivity index (χ4v) is 3.12. The Bertz CT molecular complexity index is 570. The van der Waals surface area contributed by atoms with Gasteiger partial charge in [0, 0.05) is 32.2 Å². The fourth-order valence-electron chi connectivity index (χ4n) is 3.12. The van der Waals surface area contributed by atoms with Crippen molar-refractivity contribution in [3.05, 3.63) is 23.9 Å². The van der Waals surface area contributed by atoms with Crippen LogP contribution in [0.3, 0.4) is 0 Å². The molecule has 1 aromatic rings. The molecule has 3 heterocycles. The normalized spacial score (nSPS) is 19.9. The van der Waals surface area contributed by atoms with Crippen molar-refractivity contribution in [3.8, 4) is 0 Å². The third kappa shape index (κ3) is 2.98. The number of amides is 2. The molecule has 0 unspecified atom stereocenters.